The summed E-state index contributed by atoms with van der Waals surface area (Å²) in [5, 5.41) is 7.34. The first-order valence-corrected chi connectivity index (χ1v) is 8.77. The summed E-state index contributed by atoms with van der Waals surface area (Å²) in [5.74, 6) is 0. The van der Waals surface area contributed by atoms with E-state index in [2.05, 4.69) is 29.0 Å². The molecule has 0 bridgehead atoms. The Hall–Kier alpha value is -0.960. The van der Waals surface area contributed by atoms with Crippen LogP contribution in [0, 0.1) is 0 Å². The van der Waals surface area contributed by atoms with Gasteiger partial charge < -0.3 is 5.32 Å². The molecule has 0 aliphatic rings. The van der Waals surface area contributed by atoms with Crippen LogP contribution in [0.4, 0.5) is 0 Å². The largest absolute Gasteiger partial charge is 0.314 e. The summed E-state index contributed by atoms with van der Waals surface area (Å²) in [6.07, 6.45) is 5.08. The van der Waals surface area contributed by atoms with Gasteiger partial charge in [-0.1, -0.05) is 13.8 Å². The van der Waals surface area contributed by atoms with Crippen LogP contribution < -0.4 is 10.0 Å². The van der Waals surface area contributed by atoms with Crippen LogP contribution in [0.2, 0.25) is 0 Å². The van der Waals surface area contributed by atoms with Gasteiger partial charge in [0.25, 0.3) is 10.2 Å². The summed E-state index contributed by atoms with van der Waals surface area (Å²) in [6.45, 7) is 6.59. The van der Waals surface area contributed by atoms with Crippen LogP contribution in [-0.2, 0) is 16.8 Å². The van der Waals surface area contributed by atoms with Crippen molar-refractivity contribution in [3.8, 4) is 0 Å². The lowest BCUT2D eigenvalue weighted by molar-refractivity contribution is 0.437. The number of hydrogen-bond donors (Lipinski definition) is 2. The molecule has 2 N–H and O–H groups in total. The van der Waals surface area contributed by atoms with Crippen molar-refractivity contribution in [3.63, 3.8) is 0 Å². The van der Waals surface area contributed by atoms with E-state index < -0.39 is 10.2 Å². The number of aromatic nitrogens is 2. The molecule has 0 atom stereocenters. The Balaban J connectivity index is 2.18. The van der Waals surface area contributed by atoms with E-state index in [0.717, 1.165) is 13.0 Å². The maximum atomic E-state index is 12.0. The van der Waals surface area contributed by atoms with Crippen molar-refractivity contribution in [1.82, 2.24) is 24.1 Å². The molecule has 8 heteroatoms. The van der Waals surface area contributed by atoms with Crippen molar-refractivity contribution in [3.05, 3.63) is 18.5 Å². The molecule has 7 nitrogen and oxygen atoms in total. The molecule has 0 aliphatic heterocycles. The molecule has 1 aromatic heterocycles. The Morgan fingerprint density at radius 2 is 2.05 bits per heavy atom. The molecular formula is C13H27N5O2S. The Kier molecular flexibility index (Phi) is 7.87. The first kappa shape index (κ1) is 18.1. The minimum absolute atomic E-state index is 0.413. The molecule has 0 amide bonds. The van der Waals surface area contributed by atoms with Crippen LogP contribution in [0.5, 0.6) is 0 Å². The lowest BCUT2D eigenvalue weighted by Gasteiger charge is -2.18. The van der Waals surface area contributed by atoms with Crippen LogP contribution in [0.25, 0.3) is 0 Å². The molecule has 1 aromatic rings. The van der Waals surface area contributed by atoms with Crippen LogP contribution in [0.3, 0.4) is 0 Å². The molecule has 0 radical (unpaired) electrons. The van der Waals surface area contributed by atoms with Crippen molar-refractivity contribution in [2.24, 2.45) is 0 Å². The molecule has 0 unspecified atom stereocenters. The Labute approximate surface area is 127 Å². The van der Waals surface area contributed by atoms with Gasteiger partial charge in [0.1, 0.15) is 0 Å². The van der Waals surface area contributed by atoms with Gasteiger partial charge in [0.05, 0.1) is 0 Å². The summed E-state index contributed by atoms with van der Waals surface area (Å²) in [6, 6.07) is 2.27. The van der Waals surface area contributed by atoms with Gasteiger partial charge in [0.2, 0.25) is 0 Å². The predicted octanol–water partition coefficient (Wildman–Crippen LogP) is 0.428. The zero-order valence-corrected chi connectivity index (χ0v) is 13.9. The van der Waals surface area contributed by atoms with Gasteiger partial charge in [0, 0.05) is 45.1 Å². The SMILES string of the molecule is CC(C)NCCCN(C)S(=O)(=O)NCCCn1cccn1. The second kappa shape index (κ2) is 9.14. The molecular weight excluding hydrogens is 290 g/mol. The third-order valence-electron chi connectivity index (χ3n) is 3.02. The van der Waals surface area contributed by atoms with E-state index in [1.54, 1.807) is 17.9 Å². The minimum Gasteiger partial charge on any atom is -0.314 e. The van der Waals surface area contributed by atoms with Gasteiger partial charge in [-0.15, -0.1) is 0 Å². The lowest BCUT2D eigenvalue weighted by atomic mass is 10.3. The third-order valence-corrected chi connectivity index (χ3v) is 4.59. The molecule has 122 valence electrons. The van der Waals surface area contributed by atoms with Crippen LogP contribution in [-0.4, -0.2) is 55.2 Å². The quantitative estimate of drug-likeness (QED) is 0.580. The Bertz CT molecular complexity index is 473. The van der Waals surface area contributed by atoms with E-state index in [4.69, 9.17) is 0 Å². The molecule has 21 heavy (non-hydrogen) atoms. The van der Waals surface area contributed by atoms with E-state index in [0.29, 0.717) is 32.1 Å². The van der Waals surface area contributed by atoms with Gasteiger partial charge in [-0.05, 0) is 25.5 Å². The standard InChI is InChI=1S/C13H27N5O2S/c1-13(2)14-7-4-10-17(3)21(19,20)16-9-6-12-18-11-5-8-15-18/h5,8,11,13-14,16H,4,6-7,9-10,12H2,1-3H3. The van der Waals surface area contributed by atoms with Crippen molar-refractivity contribution in [2.45, 2.75) is 39.3 Å². The highest BCUT2D eigenvalue weighted by atomic mass is 32.2. The van der Waals surface area contributed by atoms with Crippen LogP contribution >= 0.6 is 0 Å². The molecule has 0 saturated carbocycles. The van der Waals surface area contributed by atoms with Gasteiger partial charge in [0.15, 0.2) is 0 Å². The molecule has 0 spiro atoms. The number of nitrogens with one attached hydrogen (secondary N) is 2. The zero-order chi connectivity index (χ0) is 15.7. The van der Waals surface area contributed by atoms with E-state index in [9.17, 15) is 8.42 Å². The van der Waals surface area contributed by atoms with Crippen LogP contribution in [0.1, 0.15) is 26.7 Å². The Morgan fingerprint density at radius 1 is 1.29 bits per heavy atom. The fourth-order valence-corrected chi connectivity index (χ4v) is 2.79. The minimum atomic E-state index is -3.38. The number of nitrogens with zero attached hydrogens (tertiary/aromatic N) is 3. The van der Waals surface area contributed by atoms with Gasteiger partial charge >= 0.3 is 0 Å². The summed E-state index contributed by atoms with van der Waals surface area (Å²) >= 11 is 0. The molecule has 0 saturated heterocycles. The van der Waals surface area contributed by atoms with Crippen molar-refractivity contribution in [1.29, 1.82) is 0 Å². The van der Waals surface area contributed by atoms with Crippen molar-refractivity contribution in [2.75, 3.05) is 26.7 Å². The first-order chi connectivity index (χ1) is 9.92. The van der Waals surface area contributed by atoms with Gasteiger partial charge in [-0.2, -0.15) is 17.8 Å². The van der Waals surface area contributed by atoms with Gasteiger partial charge in [-0.3, -0.25) is 4.68 Å². The highest BCUT2D eigenvalue weighted by molar-refractivity contribution is 7.87. The van der Waals surface area contributed by atoms with Crippen molar-refractivity contribution < 1.29 is 8.42 Å². The smallest absolute Gasteiger partial charge is 0.279 e. The Morgan fingerprint density at radius 3 is 2.67 bits per heavy atom. The van der Waals surface area contributed by atoms with Crippen LogP contribution in [0.15, 0.2) is 18.5 Å². The predicted molar refractivity (Wildman–Crippen MR) is 84.2 cm³/mol. The average Bonchev–Trinajstić information content (AvgIpc) is 2.92. The number of aryl methyl sites for hydroxylation is 1. The maximum Gasteiger partial charge on any atom is 0.279 e. The molecule has 0 fully saturated rings. The highest BCUT2D eigenvalue weighted by Gasteiger charge is 2.15. The summed E-state index contributed by atoms with van der Waals surface area (Å²) in [7, 11) is -1.77. The molecule has 1 heterocycles. The van der Waals surface area contributed by atoms with Crippen molar-refractivity contribution >= 4 is 10.2 Å². The zero-order valence-electron chi connectivity index (χ0n) is 13.1. The number of hydrogen-bond acceptors (Lipinski definition) is 4. The molecule has 0 aliphatic carbocycles. The van der Waals surface area contributed by atoms with E-state index in [1.165, 1.54) is 4.31 Å². The second-order valence-corrected chi connectivity index (χ2v) is 7.17. The lowest BCUT2D eigenvalue weighted by Crippen LogP contribution is -2.40. The maximum absolute atomic E-state index is 12.0. The molecule has 0 aromatic carbocycles. The van der Waals surface area contributed by atoms with E-state index in [-0.39, 0.29) is 0 Å². The second-order valence-electron chi connectivity index (χ2n) is 5.31. The fraction of sp³-hybridized carbons (Fsp3) is 0.769. The van der Waals surface area contributed by atoms with Gasteiger partial charge in [-0.25, -0.2) is 4.72 Å². The normalized spacial score (nSPS) is 12.4. The number of rotatable bonds is 11. The first-order valence-electron chi connectivity index (χ1n) is 7.33. The monoisotopic (exact) mass is 317 g/mol. The summed E-state index contributed by atoms with van der Waals surface area (Å²) in [4.78, 5) is 0. The summed E-state index contributed by atoms with van der Waals surface area (Å²) < 4.78 is 29.7. The summed E-state index contributed by atoms with van der Waals surface area (Å²) in [5.41, 5.74) is 0. The topological polar surface area (TPSA) is 79.3 Å². The molecule has 1 rings (SSSR count). The average molecular weight is 317 g/mol. The van der Waals surface area contributed by atoms with E-state index in [1.807, 2.05) is 12.3 Å². The fourth-order valence-electron chi connectivity index (χ4n) is 1.80. The third kappa shape index (κ3) is 7.56. The highest BCUT2D eigenvalue weighted by Crippen LogP contribution is 1.97. The van der Waals surface area contributed by atoms with E-state index >= 15 is 0 Å².